The van der Waals surface area contributed by atoms with E-state index in [1.54, 1.807) is 11.0 Å². The zero-order valence-corrected chi connectivity index (χ0v) is 14.4. The van der Waals surface area contributed by atoms with Gasteiger partial charge in [-0.15, -0.1) is 0 Å². The molecule has 1 aromatic rings. The monoisotopic (exact) mass is 324 g/mol. The molecule has 0 aliphatic carbocycles. The number of amides is 2. The lowest BCUT2D eigenvalue weighted by Gasteiger charge is -2.23. The average molecular weight is 325 g/mol. The number of benzene rings is 1. The largest absolute Gasteiger partial charge is 0.356 e. The van der Waals surface area contributed by atoms with Gasteiger partial charge in [0.25, 0.3) is 0 Å². The first-order valence-electron chi connectivity index (χ1n) is 7.76. The molecule has 0 aliphatic rings. The number of anilines is 1. The smallest absolute Gasteiger partial charge is 0.223 e. The van der Waals surface area contributed by atoms with E-state index in [2.05, 4.69) is 12.2 Å². The standard InChI is InChI=1S/C17H25ClN2O2/c1-4-5-6-10-19-17(22)9-11-20(14(3)21)16-8-7-15(18)12-13(16)2/h7-8,12H,4-6,9-11H2,1-3H3,(H,19,22). The van der Waals surface area contributed by atoms with Crippen LogP contribution in [0.2, 0.25) is 5.02 Å². The molecule has 1 aromatic carbocycles. The van der Waals surface area contributed by atoms with Gasteiger partial charge in [-0.25, -0.2) is 0 Å². The van der Waals surface area contributed by atoms with Crippen molar-refractivity contribution >= 4 is 29.1 Å². The first-order chi connectivity index (χ1) is 10.5. The second-order valence-electron chi connectivity index (χ2n) is 5.41. The predicted octanol–water partition coefficient (Wildman–Crippen LogP) is 3.70. The van der Waals surface area contributed by atoms with E-state index in [4.69, 9.17) is 11.6 Å². The summed E-state index contributed by atoms with van der Waals surface area (Å²) >= 11 is 5.94. The number of nitrogens with one attached hydrogen (secondary N) is 1. The molecule has 5 heteroatoms. The molecular weight excluding hydrogens is 300 g/mol. The van der Waals surface area contributed by atoms with Crippen molar-refractivity contribution in [1.29, 1.82) is 0 Å². The van der Waals surface area contributed by atoms with Gasteiger partial charge in [-0.05, 0) is 37.1 Å². The van der Waals surface area contributed by atoms with Gasteiger partial charge in [0.2, 0.25) is 11.8 Å². The molecule has 4 nitrogen and oxygen atoms in total. The van der Waals surface area contributed by atoms with Crippen molar-refractivity contribution in [3.05, 3.63) is 28.8 Å². The zero-order valence-electron chi connectivity index (χ0n) is 13.6. The lowest BCUT2D eigenvalue weighted by Crippen LogP contribution is -2.34. The average Bonchev–Trinajstić information content (AvgIpc) is 2.45. The first-order valence-corrected chi connectivity index (χ1v) is 8.14. The third-order valence-electron chi connectivity index (χ3n) is 3.49. The Morgan fingerprint density at radius 1 is 1.27 bits per heavy atom. The molecule has 0 fully saturated rings. The lowest BCUT2D eigenvalue weighted by molar-refractivity contribution is -0.121. The Balaban J connectivity index is 2.58. The van der Waals surface area contributed by atoms with Gasteiger partial charge in [-0.1, -0.05) is 31.4 Å². The Bertz CT molecular complexity index is 517. The molecule has 122 valence electrons. The quantitative estimate of drug-likeness (QED) is 0.741. The summed E-state index contributed by atoms with van der Waals surface area (Å²) in [5.74, 6) is -0.0989. The van der Waals surface area contributed by atoms with Crippen LogP contribution in [-0.4, -0.2) is 24.9 Å². The Morgan fingerprint density at radius 3 is 2.59 bits per heavy atom. The highest BCUT2D eigenvalue weighted by Gasteiger charge is 2.15. The van der Waals surface area contributed by atoms with Crippen molar-refractivity contribution in [2.75, 3.05) is 18.0 Å². The van der Waals surface area contributed by atoms with Crippen LogP contribution in [-0.2, 0) is 9.59 Å². The fraction of sp³-hybridized carbons (Fsp3) is 0.529. The van der Waals surface area contributed by atoms with Crippen LogP contribution in [0.25, 0.3) is 0 Å². The molecule has 0 bridgehead atoms. The van der Waals surface area contributed by atoms with E-state index in [9.17, 15) is 9.59 Å². The van der Waals surface area contributed by atoms with Crippen LogP contribution in [0.3, 0.4) is 0 Å². The Hall–Kier alpha value is -1.55. The summed E-state index contributed by atoms with van der Waals surface area (Å²) in [5, 5.41) is 3.53. The molecular formula is C17H25ClN2O2. The molecule has 2 amide bonds. The van der Waals surface area contributed by atoms with Gasteiger partial charge in [0.15, 0.2) is 0 Å². The molecule has 1 N–H and O–H groups in total. The molecule has 0 radical (unpaired) electrons. The lowest BCUT2D eigenvalue weighted by atomic mass is 10.1. The molecule has 0 saturated heterocycles. The molecule has 22 heavy (non-hydrogen) atoms. The summed E-state index contributed by atoms with van der Waals surface area (Å²) in [4.78, 5) is 25.3. The Labute approximate surface area is 137 Å². The number of hydrogen-bond donors (Lipinski definition) is 1. The predicted molar refractivity (Wildman–Crippen MR) is 91.4 cm³/mol. The minimum Gasteiger partial charge on any atom is -0.356 e. The second-order valence-corrected chi connectivity index (χ2v) is 5.84. The fourth-order valence-electron chi connectivity index (χ4n) is 2.27. The number of carbonyl (C=O) groups is 2. The summed E-state index contributed by atoms with van der Waals surface area (Å²) < 4.78 is 0. The maximum Gasteiger partial charge on any atom is 0.223 e. The highest BCUT2D eigenvalue weighted by atomic mass is 35.5. The number of rotatable bonds is 8. The molecule has 0 aromatic heterocycles. The van der Waals surface area contributed by atoms with Crippen molar-refractivity contribution < 1.29 is 9.59 Å². The van der Waals surface area contributed by atoms with Gasteiger partial charge in [0.05, 0.1) is 0 Å². The zero-order chi connectivity index (χ0) is 16.5. The van der Waals surface area contributed by atoms with Gasteiger partial charge >= 0.3 is 0 Å². The van der Waals surface area contributed by atoms with Crippen LogP contribution in [0, 0.1) is 6.92 Å². The number of unbranched alkanes of at least 4 members (excludes halogenated alkanes) is 2. The second kappa shape index (κ2) is 9.46. The van der Waals surface area contributed by atoms with Crippen molar-refractivity contribution in [3.8, 4) is 0 Å². The topological polar surface area (TPSA) is 49.4 Å². The van der Waals surface area contributed by atoms with Crippen molar-refractivity contribution in [3.63, 3.8) is 0 Å². The minimum atomic E-state index is -0.0794. The van der Waals surface area contributed by atoms with Gasteiger partial charge in [0.1, 0.15) is 0 Å². The number of hydrogen-bond acceptors (Lipinski definition) is 2. The van der Waals surface area contributed by atoms with Gasteiger partial charge in [-0.2, -0.15) is 0 Å². The number of nitrogens with zero attached hydrogens (tertiary/aromatic N) is 1. The van der Waals surface area contributed by atoms with E-state index < -0.39 is 0 Å². The van der Waals surface area contributed by atoms with Crippen LogP contribution in [0.4, 0.5) is 5.69 Å². The Morgan fingerprint density at radius 2 is 2.00 bits per heavy atom. The molecule has 0 saturated carbocycles. The molecule has 0 heterocycles. The summed E-state index contributed by atoms with van der Waals surface area (Å²) in [6.07, 6.45) is 3.54. The fourth-order valence-corrected chi connectivity index (χ4v) is 2.50. The van der Waals surface area contributed by atoms with E-state index >= 15 is 0 Å². The Kier molecular flexibility index (Phi) is 7.96. The minimum absolute atomic E-state index is 0.0195. The van der Waals surface area contributed by atoms with Crippen molar-refractivity contribution in [1.82, 2.24) is 5.32 Å². The number of aryl methyl sites for hydroxylation is 1. The van der Waals surface area contributed by atoms with E-state index in [-0.39, 0.29) is 11.8 Å². The van der Waals surface area contributed by atoms with Crippen molar-refractivity contribution in [2.45, 2.75) is 46.5 Å². The molecule has 1 rings (SSSR count). The van der Waals surface area contributed by atoms with E-state index in [1.807, 2.05) is 19.1 Å². The SMILES string of the molecule is CCCCCNC(=O)CCN(C(C)=O)c1ccc(Cl)cc1C. The van der Waals surface area contributed by atoms with Crippen LogP contribution >= 0.6 is 11.6 Å². The van der Waals surface area contributed by atoms with Crippen LogP contribution < -0.4 is 10.2 Å². The summed E-state index contributed by atoms with van der Waals surface area (Å²) in [5.41, 5.74) is 1.72. The third kappa shape index (κ3) is 6.06. The third-order valence-corrected chi connectivity index (χ3v) is 3.73. The van der Waals surface area contributed by atoms with Crippen LogP contribution in [0.15, 0.2) is 18.2 Å². The highest BCUT2D eigenvalue weighted by Crippen LogP contribution is 2.24. The summed E-state index contributed by atoms with van der Waals surface area (Å²) in [6, 6.07) is 5.39. The molecule has 0 atom stereocenters. The molecule has 0 spiro atoms. The number of carbonyl (C=O) groups excluding carboxylic acids is 2. The number of halogens is 1. The van der Waals surface area contributed by atoms with Gasteiger partial charge in [-0.3, -0.25) is 9.59 Å². The van der Waals surface area contributed by atoms with E-state index in [0.29, 0.717) is 24.5 Å². The molecule has 0 aliphatic heterocycles. The van der Waals surface area contributed by atoms with E-state index in [0.717, 1.165) is 30.5 Å². The summed E-state index contributed by atoms with van der Waals surface area (Å²) in [7, 11) is 0. The highest BCUT2D eigenvalue weighted by molar-refractivity contribution is 6.30. The first kappa shape index (κ1) is 18.5. The molecule has 0 unspecified atom stereocenters. The normalized spacial score (nSPS) is 10.4. The van der Waals surface area contributed by atoms with Gasteiger partial charge < -0.3 is 10.2 Å². The summed E-state index contributed by atoms with van der Waals surface area (Å²) in [6.45, 7) is 6.61. The van der Waals surface area contributed by atoms with Gasteiger partial charge in [0, 0.05) is 37.1 Å². The van der Waals surface area contributed by atoms with Crippen molar-refractivity contribution in [2.24, 2.45) is 0 Å². The maximum absolute atomic E-state index is 11.9. The van der Waals surface area contributed by atoms with Crippen LogP contribution in [0.1, 0.15) is 45.1 Å². The maximum atomic E-state index is 11.9. The van der Waals surface area contributed by atoms with E-state index in [1.165, 1.54) is 6.92 Å². The van der Waals surface area contributed by atoms with Crippen LogP contribution in [0.5, 0.6) is 0 Å².